The van der Waals surface area contributed by atoms with Gasteiger partial charge in [-0.2, -0.15) is 4.68 Å². The van der Waals surface area contributed by atoms with E-state index < -0.39 is 37.4 Å². The smallest absolute Gasteiger partial charge is 0.157 e. The Kier molecular flexibility index (Phi) is 7.79. The van der Waals surface area contributed by atoms with Crippen molar-refractivity contribution in [2.24, 2.45) is 0 Å². The normalized spacial score (nSPS) is 22.4. The molecule has 2 saturated heterocycles. The van der Waals surface area contributed by atoms with Gasteiger partial charge in [0.2, 0.25) is 0 Å². The minimum Gasteiger partial charge on any atom is -0.303 e. The Morgan fingerprint density at radius 1 is 1.30 bits per heavy atom. The van der Waals surface area contributed by atoms with Gasteiger partial charge in [0.25, 0.3) is 0 Å². The summed E-state index contributed by atoms with van der Waals surface area (Å²) < 4.78 is 36.3. The van der Waals surface area contributed by atoms with Crippen molar-refractivity contribution in [1.82, 2.24) is 35.0 Å². The molecule has 37 heavy (non-hydrogen) atoms. The number of aldehydes is 1. The van der Waals surface area contributed by atoms with Crippen LogP contribution in [0.2, 0.25) is 0 Å². The summed E-state index contributed by atoms with van der Waals surface area (Å²) in [5.41, 5.74) is 1.71. The predicted octanol–water partition coefficient (Wildman–Crippen LogP) is 2.32. The molecule has 2 atom stereocenters. The van der Waals surface area contributed by atoms with Crippen molar-refractivity contribution in [1.29, 1.82) is 5.26 Å². The molecule has 4 heterocycles. The number of aromatic nitrogens is 5. The van der Waals surface area contributed by atoms with Gasteiger partial charge in [-0.3, -0.25) is 0 Å². The van der Waals surface area contributed by atoms with E-state index in [-0.39, 0.29) is 5.92 Å². The standard InChI is InChI=1S/C14H16F2IN3O.C10H9N5O/c1-19-4-5-20-9-17(21-8-10(20)7-19)13-3-2-12(15)11(6-18)14(13)16;16-5-8-2-1-7-3-10(11-4-9(7)8)15-6-12-13-14-15/h2-3,10H,4-5,7-9H2,1H3;3-6,8H,1-2H2. The first kappa shape index (κ1) is 25.7. The van der Waals surface area contributed by atoms with Gasteiger partial charge in [-0.05, 0) is 40.5 Å². The molecule has 1 aliphatic carbocycles. The van der Waals surface area contributed by atoms with Gasteiger partial charge in [-0.15, -0.1) is 5.10 Å². The van der Waals surface area contributed by atoms with Gasteiger partial charge in [-0.25, -0.2) is 4.98 Å². The minimum absolute atomic E-state index is 0.00502. The Hall–Kier alpha value is -2.93. The molecule has 0 radical (unpaired) electrons. The van der Waals surface area contributed by atoms with E-state index in [0.29, 0.717) is 22.0 Å². The third-order valence-corrected chi connectivity index (χ3v) is 11.5. The zero-order valence-electron chi connectivity index (χ0n) is 20.1. The van der Waals surface area contributed by atoms with E-state index in [2.05, 4.69) is 37.4 Å². The first-order valence-electron chi connectivity index (χ1n) is 11.8. The van der Waals surface area contributed by atoms with Crippen LogP contribution in [-0.4, -0.2) is 85.2 Å². The average molecular weight is 622 g/mol. The Labute approximate surface area is 220 Å². The number of likely N-dealkylation sites (N-methyl/N-ethyl adjacent to an activating group) is 1. The number of hydrogen-bond acceptors (Lipinski definition) is 9. The summed E-state index contributed by atoms with van der Waals surface area (Å²) in [5, 5.41) is 19.8. The number of alkyl halides is 1. The van der Waals surface area contributed by atoms with Crippen LogP contribution in [0.15, 0.2) is 30.7 Å². The van der Waals surface area contributed by atoms with Crippen LogP contribution >= 0.6 is 20.2 Å². The van der Waals surface area contributed by atoms with Crippen molar-refractivity contribution in [2.45, 2.75) is 24.8 Å². The Morgan fingerprint density at radius 3 is 2.92 bits per heavy atom. The van der Waals surface area contributed by atoms with E-state index >= 15 is 0 Å². The molecule has 0 N–H and O–H groups in total. The predicted molar refractivity (Wildman–Crippen MR) is 137 cm³/mol. The number of pyridine rings is 1. The van der Waals surface area contributed by atoms with E-state index in [0.717, 1.165) is 54.4 Å². The summed E-state index contributed by atoms with van der Waals surface area (Å²) in [7, 11) is 2.08. The SMILES string of the molecule is CN1CCN2CI(c3ccc(F)c(C#N)c3F)OCC2C1.O=CC1CCc2cc(-n3cnnn3)ncc21. The van der Waals surface area contributed by atoms with E-state index in [1.54, 1.807) is 12.3 Å². The number of hydrogen-bond donors (Lipinski definition) is 0. The Morgan fingerprint density at radius 2 is 2.16 bits per heavy atom. The van der Waals surface area contributed by atoms with Crippen LogP contribution in [0.1, 0.15) is 29.0 Å². The number of rotatable bonds is 3. The van der Waals surface area contributed by atoms with Gasteiger partial charge in [-0.1, -0.05) is 0 Å². The second-order valence-electron chi connectivity index (χ2n) is 9.05. The maximum Gasteiger partial charge on any atom is 0.157 e. The van der Waals surface area contributed by atoms with E-state index in [1.165, 1.54) is 23.1 Å². The first-order chi connectivity index (χ1) is 18.0. The maximum atomic E-state index is 14.3. The fourth-order valence-corrected chi connectivity index (χ4v) is 9.47. The third kappa shape index (κ3) is 5.37. The Balaban J connectivity index is 0.000000157. The molecule has 2 aliphatic heterocycles. The number of carbonyl (C=O) groups excluding carboxylic acids is 1. The molecular formula is C24H25F2IN8O2. The Bertz CT molecular complexity index is 1320. The summed E-state index contributed by atoms with van der Waals surface area (Å²) in [6.45, 7) is 3.50. The molecule has 2 unspecified atom stereocenters. The monoisotopic (exact) mass is 622 g/mol. The van der Waals surface area contributed by atoms with Crippen LogP contribution in [-0.2, 0) is 14.3 Å². The van der Waals surface area contributed by atoms with Crippen LogP contribution in [0.3, 0.4) is 0 Å². The number of carbonyl (C=O) groups is 1. The molecule has 13 heteroatoms. The molecule has 0 amide bonds. The largest absolute Gasteiger partial charge is 0.303 e. The zero-order valence-corrected chi connectivity index (χ0v) is 22.3. The van der Waals surface area contributed by atoms with Crippen LogP contribution in [0, 0.1) is 26.5 Å². The van der Waals surface area contributed by atoms with Gasteiger partial charge < -0.3 is 4.79 Å². The number of tetrazole rings is 1. The third-order valence-electron chi connectivity index (χ3n) is 6.72. The van der Waals surface area contributed by atoms with Crippen molar-refractivity contribution in [3.63, 3.8) is 0 Å². The van der Waals surface area contributed by atoms with Crippen molar-refractivity contribution in [2.75, 3.05) is 37.8 Å². The average Bonchev–Trinajstić information content (AvgIpc) is 3.59. The van der Waals surface area contributed by atoms with Gasteiger partial charge >= 0.3 is 130 Å². The second kappa shape index (κ2) is 11.2. The summed E-state index contributed by atoms with van der Waals surface area (Å²) in [6.07, 6.45) is 6.03. The summed E-state index contributed by atoms with van der Waals surface area (Å²) in [6, 6.07) is 6.53. The van der Waals surface area contributed by atoms with Crippen molar-refractivity contribution in [3.8, 4) is 11.9 Å². The van der Waals surface area contributed by atoms with Crippen molar-refractivity contribution in [3.05, 3.63) is 62.6 Å². The number of nitriles is 1. The molecule has 0 saturated carbocycles. The van der Waals surface area contributed by atoms with E-state index in [1.807, 2.05) is 6.07 Å². The topological polar surface area (TPSA) is 113 Å². The molecule has 6 rings (SSSR count). The first-order valence-corrected chi connectivity index (χ1v) is 15.2. The van der Waals surface area contributed by atoms with Gasteiger partial charge in [0.1, 0.15) is 12.6 Å². The molecule has 0 spiro atoms. The fourth-order valence-electron chi connectivity index (χ4n) is 4.65. The summed E-state index contributed by atoms with van der Waals surface area (Å²) in [4.78, 5) is 19.7. The number of benzene rings is 1. The van der Waals surface area contributed by atoms with Crippen LogP contribution in [0.5, 0.6) is 0 Å². The molecule has 2 aromatic heterocycles. The van der Waals surface area contributed by atoms with Crippen molar-refractivity contribution >= 4 is 26.5 Å². The van der Waals surface area contributed by atoms with Gasteiger partial charge in [0.15, 0.2) is 5.82 Å². The quantitative estimate of drug-likeness (QED) is 0.143. The number of nitrogens with zero attached hydrogens (tertiary/aromatic N) is 8. The van der Waals surface area contributed by atoms with Gasteiger partial charge in [0, 0.05) is 12.1 Å². The number of halogens is 3. The number of aryl methyl sites for hydroxylation is 1. The number of piperazine rings is 1. The fraction of sp³-hybridized carbons (Fsp3) is 0.417. The van der Waals surface area contributed by atoms with Crippen molar-refractivity contribution < 1.29 is 16.6 Å². The van der Waals surface area contributed by atoms with E-state index in [4.69, 9.17) is 8.33 Å². The molecular weight excluding hydrogens is 597 g/mol. The molecule has 3 aliphatic rings. The minimum atomic E-state index is -2.18. The van der Waals surface area contributed by atoms with Crippen LogP contribution < -0.4 is 0 Å². The number of fused-ring (bicyclic) bond motifs is 2. The molecule has 0 bridgehead atoms. The second-order valence-corrected chi connectivity index (χ2v) is 13.3. The molecule has 10 nitrogen and oxygen atoms in total. The van der Waals surface area contributed by atoms with Crippen LogP contribution in [0.4, 0.5) is 8.78 Å². The molecule has 194 valence electrons. The molecule has 3 aromatic rings. The zero-order chi connectivity index (χ0) is 25.9. The molecule has 1 aromatic carbocycles. The van der Waals surface area contributed by atoms with E-state index in [9.17, 15) is 13.6 Å². The van der Waals surface area contributed by atoms with Crippen LogP contribution in [0.25, 0.3) is 5.82 Å². The summed E-state index contributed by atoms with van der Waals surface area (Å²) in [5.74, 6) is -0.833. The molecule has 2 fully saturated rings. The van der Waals surface area contributed by atoms with Gasteiger partial charge in [0.05, 0.1) is 0 Å². The maximum absolute atomic E-state index is 14.3. The summed E-state index contributed by atoms with van der Waals surface area (Å²) >= 11 is -2.18.